The number of hydrogen-bond acceptors (Lipinski definition) is 2. The number of carbonyl (C=O) groups is 1. The molecule has 3 nitrogen and oxygen atoms in total. The van der Waals surface area contributed by atoms with Gasteiger partial charge in [-0.3, -0.25) is 4.79 Å². The number of aryl methyl sites for hydroxylation is 1. The molecule has 1 fully saturated rings. The van der Waals surface area contributed by atoms with Gasteiger partial charge in [0.15, 0.2) is 0 Å². The van der Waals surface area contributed by atoms with Crippen LogP contribution >= 0.6 is 0 Å². The molecule has 1 aliphatic rings. The summed E-state index contributed by atoms with van der Waals surface area (Å²) in [5, 5.41) is 9.28. The third kappa shape index (κ3) is 1.95. The van der Waals surface area contributed by atoms with Gasteiger partial charge in [-0.05, 0) is 49.4 Å². The highest BCUT2D eigenvalue weighted by Crippen LogP contribution is 2.33. The first-order chi connectivity index (χ1) is 7.96. The molecule has 0 unspecified atom stereocenters. The predicted molar refractivity (Wildman–Crippen MR) is 65.2 cm³/mol. The molecular weight excluding hydrogens is 216 g/mol. The van der Waals surface area contributed by atoms with Crippen molar-refractivity contribution in [3.63, 3.8) is 0 Å². The van der Waals surface area contributed by atoms with Crippen LogP contribution in [-0.2, 0) is 16.0 Å². The van der Waals surface area contributed by atoms with Crippen LogP contribution in [0.4, 0.5) is 0 Å². The summed E-state index contributed by atoms with van der Waals surface area (Å²) >= 11 is 0. The molecule has 0 saturated carbocycles. The summed E-state index contributed by atoms with van der Waals surface area (Å²) in [6.07, 6.45) is 0.565. The molecule has 0 atom stereocenters. The average molecular weight is 234 g/mol. The van der Waals surface area contributed by atoms with Gasteiger partial charge in [-0.2, -0.15) is 0 Å². The van der Waals surface area contributed by atoms with Crippen LogP contribution in [0.2, 0.25) is 0 Å². The van der Waals surface area contributed by atoms with Crippen molar-refractivity contribution in [2.45, 2.75) is 27.2 Å². The van der Waals surface area contributed by atoms with Crippen molar-refractivity contribution in [1.29, 1.82) is 0 Å². The van der Waals surface area contributed by atoms with E-state index in [-0.39, 0.29) is 0 Å². The van der Waals surface area contributed by atoms with Gasteiger partial charge >= 0.3 is 5.97 Å². The lowest BCUT2D eigenvalue weighted by atomic mass is 9.78. The summed E-state index contributed by atoms with van der Waals surface area (Å²) in [5.74, 6) is -0.749. The Labute approximate surface area is 101 Å². The summed E-state index contributed by atoms with van der Waals surface area (Å²) in [6.45, 7) is 6.88. The second-order valence-corrected chi connectivity index (χ2v) is 5.05. The number of rotatable bonds is 3. The third-order valence-corrected chi connectivity index (χ3v) is 3.91. The molecule has 0 aromatic heterocycles. The fourth-order valence-corrected chi connectivity index (χ4v) is 2.22. The smallest absolute Gasteiger partial charge is 0.314 e. The lowest BCUT2D eigenvalue weighted by Gasteiger charge is -2.38. The molecule has 3 heteroatoms. The molecule has 1 saturated heterocycles. The number of benzene rings is 1. The molecule has 1 aliphatic heterocycles. The van der Waals surface area contributed by atoms with Crippen molar-refractivity contribution in [2.75, 3.05) is 13.2 Å². The number of carboxylic acids is 1. The molecular formula is C14H18O3. The van der Waals surface area contributed by atoms with Gasteiger partial charge < -0.3 is 9.84 Å². The highest BCUT2D eigenvalue weighted by molar-refractivity contribution is 5.76. The maximum absolute atomic E-state index is 11.3. The number of aliphatic carboxylic acids is 1. The van der Waals surface area contributed by atoms with Crippen LogP contribution in [0.3, 0.4) is 0 Å². The third-order valence-electron chi connectivity index (χ3n) is 3.91. The van der Waals surface area contributed by atoms with Gasteiger partial charge in [0.05, 0.1) is 13.2 Å². The average Bonchev–Trinajstić information content (AvgIpc) is 2.22. The minimum atomic E-state index is -0.749. The molecule has 1 heterocycles. The van der Waals surface area contributed by atoms with Crippen LogP contribution in [0.5, 0.6) is 0 Å². The fourth-order valence-electron chi connectivity index (χ4n) is 2.22. The predicted octanol–water partition coefficient (Wildman–Crippen LogP) is 2.26. The molecule has 0 spiro atoms. The highest BCUT2D eigenvalue weighted by Gasteiger charge is 2.46. The Morgan fingerprint density at radius 3 is 2.41 bits per heavy atom. The number of carboxylic acid groups (broad SMARTS) is 1. The quantitative estimate of drug-likeness (QED) is 0.872. The Morgan fingerprint density at radius 1 is 1.29 bits per heavy atom. The summed E-state index contributed by atoms with van der Waals surface area (Å²) in [5.41, 5.74) is 4.13. The van der Waals surface area contributed by atoms with Crippen LogP contribution in [0.25, 0.3) is 0 Å². The van der Waals surface area contributed by atoms with Gasteiger partial charge in [-0.1, -0.05) is 12.1 Å². The second kappa shape index (κ2) is 4.15. The lowest BCUT2D eigenvalue weighted by Crippen LogP contribution is -2.50. The van der Waals surface area contributed by atoms with Crippen molar-refractivity contribution in [1.82, 2.24) is 0 Å². The van der Waals surface area contributed by atoms with Crippen molar-refractivity contribution in [3.8, 4) is 0 Å². The van der Waals surface area contributed by atoms with E-state index in [1.807, 2.05) is 6.07 Å². The van der Waals surface area contributed by atoms with E-state index in [2.05, 4.69) is 26.8 Å². The maximum Gasteiger partial charge on any atom is 0.314 e. The molecule has 0 aliphatic carbocycles. The first kappa shape index (κ1) is 12.1. The van der Waals surface area contributed by atoms with Crippen LogP contribution in [-0.4, -0.2) is 24.3 Å². The molecule has 2 rings (SSSR count). The Balaban J connectivity index is 2.30. The largest absolute Gasteiger partial charge is 0.481 e. The van der Waals surface area contributed by atoms with E-state index in [9.17, 15) is 9.90 Å². The van der Waals surface area contributed by atoms with Crippen molar-refractivity contribution >= 4 is 5.97 Å². The summed E-state index contributed by atoms with van der Waals surface area (Å²) in [4.78, 5) is 11.3. The molecule has 1 aromatic rings. The molecule has 1 N–H and O–H groups in total. The van der Waals surface area contributed by atoms with E-state index in [0.29, 0.717) is 19.6 Å². The van der Waals surface area contributed by atoms with Crippen molar-refractivity contribution in [3.05, 3.63) is 34.4 Å². The van der Waals surface area contributed by atoms with E-state index in [1.54, 1.807) is 0 Å². The SMILES string of the molecule is Cc1ccc(CC2(C(=O)O)COC2)c(C)c1C. The first-order valence-corrected chi connectivity index (χ1v) is 5.83. The van der Waals surface area contributed by atoms with Gasteiger partial charge in [0.25, 0.3) is 0 Å². The zero-order valence-corrected chi connectivity index (χ0v) is 10.5. The summed E-state index contributed by atoms with van der Waals surface area (Å²) < 4.78 is 5.08. The first-order valence-electron chi connectivity index (χ1n) is 5.83. The van der Waals surface area contributed by atoms with E-state index < -0.39 is 11.4 Å². The lowest BCUT2D eigenvalue weighted by molar-refractivity contribution is -0.179. The van der Waals surface area contributed by atoms with Gasteiger partial charge in [0.2, 0.25) is 0 Å². The Hall–Kier alpha value is -1.35. The van der Waals surface area contributed by atoms with Crippen LogP contribution in [0.1, 0.15) is 22.3 Å². The molecule has 17 heavy (non-hydrogen) atoms. The van der Waals surface area contributed by atoms with Crippen LogP contribution in [0, 0.1) is 26.2 Å². The minimum absolute atomic E-state index is 0.328. The van der Waals surface area contributed by atoms with Gasteiger partial charge in [0, 0.05) is 0 Å². The van der Waals surface area contributed by atoms with E-state index >= 15 is 0 Å². The highest BCUT2D eigenvalue weighted by atomic mass is 16.5. The maximum atomic E-state index is 11.3. The monoisotopic (exact) mass is 234 g/mol. The number of ether oxygens (including phenoxy) is 1. The van der Waals surface area contributed by atoms with Gasteiger partial charge in [-0.25, -0.2) is 0 Å². The fraction of sp³-hybridized carbons (Fsp3) is 0.500. The minimum Gasteiger partial charge on any atom is -0.481 e. The van der Waals surface area contributed by atoms with E-state index in [1.165, 1.54) is 16.7 Å². The number of hydrogen-bond donors (Lipinski definition) is 1. The topological polar surface area (TPSA) is 46.5 Å². The van der Waals surface area contributed by atoms with Gasteiger partial charge in [0.1, 0.15) is 5.41 Å². The second-order valence-electron chi connectivity index (χ2n) is 5.05. The van der Waals surface area contributed by atoms with E-state index in [0.717, 1.165) is 5.56 Å². The molecule has 92 valence electrons. The molecule has 0 radical (unpaired) electrons. The summed E-state index contributed by atoms with van der Waals surface area (Å²) in [6, 6.07) is 4.10. The zero-order valence-electron chi connectivity index (χ0n) is 10.5. The summed E-state index contributed by atoms with van der Waals surface area (Å²) in [7, 11) is 0. The Kier molecular flexibility index (Phi) is 2.96. The van der Waals surface area contributed by atoms with Crippen molar-refractivity contribution < 1.29 is 14.6 Å². The normalized spacial score (nSPS) is 17.6. The Morgan fingerprint density at radius 2 is 1.94 bits per heavy atom. The molecule has 1 aromatic carbocycles. The molecule has 0 bridgehead atoms. The van der Waals surface area contributed by atoms with E-state index in [4.69, 9.17) is 4.74 Å². The van der Waals surface area contributed by atoms with Gasteiger partial charge in [-0.15, -0.1) is 0 Å². The molecule has 0 amide bonds. The standard InChI is InChI=1S/C14H18O3/c1-9-4-5-12(11(3)10(9)2)6-14(13(15)16)7-17-8-14/h4-5H,6-8H2,1-3H3,(H,15,16). The zero-order chi connectivity index (χ0) is 12.6. The van der Waals surface area contributed by atoms with Crippen molar-refractivity contribution in [2.24, 2.45) is 5.41 Å². The van der Waals surface area contributed by atoms with Crippen LogP contribution in [0.15, 0.2) is 12.1 Å². The van der Waals surface area contributed by atoms with Crippen LogP contribution < -0.4 is 0 Å². The Bertz CT molecular complexity index is 459.